The van der Waals surface area contributed by atoms with E-state index >= 15 is 0 Å². The molecule has 2 atom stereocenters. The molecule has 3 rings (SSSR count). The number of hydrogen-bond donors (Lipinski definition) is 1. The molecule has 3 aliphatic rings. The maximum absolute atomic E-state index is 12.3. The molecule has 2 unspecified atom stereocenters. The number of carbonyl (C=O) groups excluding carboxylic acids is 1. The van der Waals surface area contributed by atoms with E-state index in [0.29, 0.717) is 23.9 Å². The average molecular weight is 236 g/mol. The SMILES string of the molecule is NC1CCC(CC(=O)N2CC3CCC2C3)CC1. The van der Waals surface area contributed by atoms with Gasteiger partial charge in [0, 0.05) is 25.0 Å². The Kier molecular flexibility index (Phi) is 3.12. The second kappa shape index (κ2) is 4.60. The number of likely N-dealkylation sites (tertiary alicyclic amines) is 1. The number of nitrogens with zero attached hydrogens (tertiary/aromatic N) is 1. The van der Waals surface area contributed by atoms with Crippen LogP contribution < -0.4 is 5.73 Å². The van der Waals surface area contributed by atoms with Gasteiger partial charge in [0.25, 0.3) is 0 Å². The number of carbonyl (C=O) groups is 1. The zero-order chi connectivity index (χ0) is 11.8. The Labute approximate surface area is 104 Å². The lowest BCUT2D eigenvalue weighted by molar-refractivity contribution is -0.134. The van der Waals surface area contributed by atoms with Gasteiger partial charge in [-0.3, -0.25) is 4.79 Å². The third-order valence-electron chi connectivity index (χ3n) is 5.08. The Morgan fingerprint density at radius 3 is 2.47 bits per heavy atom. The second-order valence-corrected chi connectivity index (χ2v) is 6.36. The number of fused-ring (bicyclic) bond motifs is 2. The molecule has 3 heteroatoms. The Morgan fingerprint density at radius 2 is 1.88 bits per heavy atom. The van der Waals surface area contributed by atoms with Gasteiger partial charge >= 0.3 is 0 Å². The van der Waals surface area contributed by atoms with Crippen molar-refractivity contribution in [2.75, 3.05) is 6.54 Å². The number of amides is 1. The first kappa shape index (κ1) is 11.5. The molecule has 96 valence electrons. The van der Waals surface area contributed by atoms with Crippen molar-refractivity contribution in [3.05, 3.63) is 0 Å². The van der Waals surface area contributed by atoms with Crippen LogP contribution in [0.15, 0.2) is 0 Å². The molecule has 0 aromatic heterocycles. The van der Waals surface area contributed by atoms with Crippen molar-refractivity contribution < 1.29 is 4.79 Å². The topological polar surface area (TPSA) is 46.3 Å². The summed E-state index contributed by atoms with van der Waals surface area (Å²) in [4.78, 5) is 14.5. The van der Waals surface area contributed by atoms with Crippen LogP contribution in [0.2, 0.25) is 0 Å². The molecule has 2 N–H and O–H groups in total. The summed E-state index contributed by atoms with van der Waals surface area (Å²) in [5.74, 6) is 1.86. The van der Waals surface area contributed by atoms with E-state index in [4.69, 9.17) is 5.73 Å². The van der Waals surface area contributed by atoms with Gasteiger partial charge in [-0.1, -0.05) is 0 Å². The van der Waals surface area contributed by atoms with Gasteiger partial charge < -0.3 is 10.6 Å². The summed E-state index contributed by atoms with van der Waals surface area (Å²) in [5, 5.41) is 0. The predicted molar refractivity (Wildman–Crippen MR) is 67.4 cm³/mol. The molecular formula is C14H24N2O. The lowest BCUT2D eigenvalue weighted by atomic mass is 9.84. The predicted octanol–water partition coefficient (Wildman–Crippen LogP) is 1.90. The van der Waals surface area contributed by atoms with Crippen LogP contribution in [-0.4, -0.2) is 29.4 Å². The summed E-state index contributed by atoms with van der Waals surface area (Å²) in [6.45, 7) is 1.05. The molecule has 1 amide bonds. The van der Waals surface area contributed by atoms with Gasteiger partial charge in [-0.05, 0) is 56.8 Å². The van der Waals surface area contributed by atoms with Crippen LogP contribution in [0, 0.1) is 11.8 Å². The minimum Gasteiger partial charge on any atom is -0.339 e. The number of piperidine rings is 1. The lowest BCUT2D eigenvalue weighted by Gasteiger charge is -2.31. The van der Waals surface area contributed by atoms with Crippen molar-refractivity contribution in [2.45, 2.75) is 63.5 Å². The van der Waals surface area contributed by atoms with Gasteiger partial charge in [0.2, 0.25) is 5.91 Å². The molecule has 3 nitrogen and oxygen atoms in total. The Morgan fingerprint density at radius 1 is 1.12 bits per heavy atom. The van der Waals surface area contributed by atoms with E-state index in [1.165, 1.54) is 19.3 Å². The van der Waals surface area contributed by atoms with Crippen LogP contribution in [-0.2, 0) is 4.79 Å². The van der Waals surface area contributed by atoms with E-state index in [2.05, 4.69) is 4.90 Å². The fourth-order valence-corrected chi connectivity index (χ4v) is 3.99. The number of nitrogens with two attached hydrogens (primary N) is 1. The maximum atomic E-state index is 12.3. The van der Waals surface area contributed by atoms with E-state index in [-0.39, 0.29) is 0 Å². The normalized spacial score (nSPS) is 40.9. The molecule has 0 radical (unpaired) electrons. The van der Waals surface area contributed by atoms with E-state index in [9.17, 15) is 4.79 Å². The molecular weight excluding hydrogens is 212 g/mol. The van der Waals surface area contributed by atoms with Crippen LogP contribution in [0.4, 0.5) is 0 Å². The smallest absolute Gasteiger partial charge is 0.223 e. The minimum absolute atomic E-state index is 0.393. The summed E-state index contributed by atoms with van der Waals surface area (Å²) < 4.78 is 0. The molecule has 1 aliphatic heterocycles. The molecule has 2 aliphatic carbocycles. The highest BCUT2D eigenvalue weighted by molar-refractivity contribution is 5.77. The zero-order valence-electron chi connectivity index (χ0n) is 10.6. The molecule has 2 saturated carbocycles. The Hall–Kier alpha value is -0.570. The third-order valence-corrected chi connectivity index (χ3v) is 5.08. The van der Waals surface area contributed by atoms with Crippen LogP contribution in [0.3, 0.4) is 0 Å². The quantitative estimate of drug-likeness (QED) is 0.796. The molecule has 0 aromatic carbocycles. The second-order valence-electron chi connectivity index (χ2n) is 6.36. The summed E-state index contributed by atoms with van der Waals surface area (Å²) in [5.41, 5.74) is 5.90. The molecule has 1 heterocycles. The molecule has 1 saturated heterocycles. The van der Waals surface area contributed by atoms with Crippen LogP contribution in [0.5, 0.6) is 0 Å². The first-order valence-electron chi connectivity index (χ1n) is 7.27. The summed E-state index contributed by atoms with van der Waals surface area (Å²) in [6, 6.07) is 0.988. The van der Waals surface area contributed by atoms with E-state index in [1.54, 1.807) is 0 Å². The first-order chi connectivity index (χ1) is 8.22. The minimum atomic E-state index is 0.393. The highest BCUT2D eigenvalue weighted by Gasteiger charge is 2.40. The zero-order valence-corrected chi connectivity index (χ0v) is 10.6. The van der Waals surface area contributed by atoms with Gasteiger partial charge in [0.1, 0.15) is 0 Å². The van der Waals surface area contributed by atoms with Gasteiger partial charge in [0.15, 0.2) is 0 Å². The third kappa shape index (κ3) is 2.35. The van der Waals surface area contributed by atoms with E-state index < -0.39 is 0 Å². The fraction of sp³-hybridized carbons (Fsp3) is 0.929. The van der Waals surface area contributed by atoms with Crippen molar-refractivity contribution in [1.29, 1.82) is 0 Å². The van der Waals surface area contributed by atoms with Crippen molar-refractivity contribution in [1.82, 2.24) is 4.90 Å². The Bertz CT molecular complexity index is 297. The summed E-state index contributed by atoms with van der Waals surface area (Å²) in [7, 11) is 0. The van der Waals surface area contributed by atoms with Crippen molar-refractivity contribution >= 4 is 5.91 Å². The average Bonchev–Trinajstić information content (AvgIpc) is 2.94. The first-order valence-corrected chi connectivity index (χ1v) is 7.27. The van der Waals surface area contributed by atoms with Crippen molar-refractivity contribution in [3.8, 4) is 0 Å². The summed E-state index contributed by atoms with van der Waals surface area (Å²) in [6.07, 6.45) is 9.23. The highest BCUT2D eigenvalue weighted by atomic mass is 16.2. The van der Waals surface area contributed by atoms with Gasteiger partial charge in [-0.2, -0.15) is 0 Å². The Balaban J connectivity index is 1.50. The van der Waals surface area contributed by atoms with Gasteiger partial charge in [0.05, 0.1) is 0 Å². The van der Waals surface area contributed by atoms with Gasteiger partial charge in [-0.15, -0.1) is 0 Å². The van der Waals surface area contributed by atoms with Crippen LogP contribution in [0.25, 0.3) is 0 Å². The monoisotopic (exact) mass is 236 g/mol. The molecule has 3 fully saturated rings. The number of hydrogen-bond acceptors (Lipinski definition) is 2. The highest BCUT2D eigenvalue weighted by Crippen LogP contribution is 2.38. The lowest BCUT2D eigenvalue weighted by Crippen LogP contribution is -2.39. The van der Waals surface area contributed by atoms with Crippen molar-refractivity contribution in [2.24, 2.45) is 17.6 Å². The van der Waals surface area contributed by atoms with Crippen LogP contribution in [0.1, 0.15) is 51.4 Å². The number of rotatable bonds is 2. The standard InChI is InChI=1S/C14H24N2O/c15-12-4-1-10(2-5-12)8-14(17)16-9-11-3-6-13(16)7-11/h10-13H,1-9,15H2. The molecule has 0 aromatic rings. The fourth-order valence-electron chi connectivity index (χ4n) is 3.99. The molecule has 0 spiro atoms. The largest absolute Gasteiger partial charge is 0.339 e. The maximum Gasteiger partial charge on any atom is 0.223 e. The van der Waals surface area contributed by atoms with E-state index in [1.807, 2.05) is 0 Å². The summed E-state index contributed by atoms with van der Waals surface area (Å²) >= 11 is 0. The van der Waals surface area contributed by atoms with Crippen molar-refractivity contribution in [3.63, 3.8) is 0 Å². The van der Waals surface area contributed by atoms with E-state index in [0.717, 1.165) is 44.6 Å². The molecule has 2 bridgehead atoms. The van der Waals surface area contributed by atoms with Crippen LogP contribution >= 0.6 is 0 Å². The van der Waals surface area contributed by atoms with Gasteiger partial charge in [-0.25, -0.2) is 0 Å². The molecule has 17 heavy (non-hydrogen) atoms.